The van der Waals surface area contributed by atoms with E-state index in [4.69, 9.17) is 5.73 Å². The third kappa shape index (κ3) is 2.80. The summed E-state index contributed by atoms with van der Waals surface area (Å²) in [6.07, 6.45) is 4.12. The third-order valence-corrected chi connectivity index (χ3v) is 6.39. The number of nitrogen functional groups attached to an aromatic ring is 1. The van der Waals surface area contributed by atoms with E-state index < -0.39 is 0 Å². The topological polar surface area (TPSA) is 71.2 Å². The molecule has 0 saturated carbocycles. The molecule has 0 radical (unpaired) electrons. The highest BCUT2D eigenvalue weighted by atomic mass is 32.1. The lowest BCUT2D eigenvalue weighted by Crippen LogP contribution is -2.62. The molecule has 1 aromatic carbocycles. The standard InChI is InChI=1S/C18H22N4OS/c1-11-16(12-5-7-22(11)8-6-12)21-17(23)18-20-10-15(24-18)13-3-2-4-14(19)9-13/h2-4,9-12,16H,5-8,19H2,1H3,(H,21,23)/t11-,16-/m0/s1. The molecule has 0 aliphatic carbocycles. The second kappa shape index (κ2) is 6.18. The minimum absolute atomic E-state index is 0.0549. The van der Waals surface area contributed by atoms with Gasteiger partial charge >= 0.3 is 0 Å². The number of aromatic nitrogens is 1. The first kappa shape index (κ1) is 15.6. The molecule has 3 saturated heterocycles. The van der Waals surface area contributed by atoms with E-state index in [1.165, 1.54) is 24.2 Å². The Labute approximate surface area is 145 Å². The van der Waals surface area contributed by atoms with Gasteiger partial charge in [0.2, 0.25) is 0 Å². The van der Waals surface area contributed by atoms with Crippen LogP contribution in [-0.4, -0.2) is 41.0 Å². The number of nitrogens with zero attached hydrogens (tertiary/aromatic N) is 2. The molecule has 2 aromatic rings. The van der Waals surface area contributed by atoms with Crippen molar-refractivity contribution in [1.82, 2.24) is 15.2 Å². The van der Waals surface area contributed by atoms with Gasteiger partial charge in [0.15, 0.2) is 5.01 Å². The second-order valence-electron chi connectivity index (χ2n) is 6.77. The van der Waals surface area contributed by atoms with E-state index in [1.54, 1.807) is 6.20 Å². The smallest absolute Gasteiger partial charge is 0.280 e. The number of thiazole rings is 1. The van der Waals surface area contributed by atoms with Gasteiger partial charge in [0.1, 0.15) is 0 Å². The molecule has 3 aliphatic heterocycles. The summed E-state index contributed by atoms with van der Waals surface area (Å²) in [5.74, 6) is 0.544. The fraction of sp³-hybridized carbons (Fsp3) is 0.444. The molecule has 1 aromatic heterocycles. The van der Waals surface area contributed by atoms with Crippen LogP contribution in [0.5, 0.6) is 0 Å². The summed E-state index contributed by atoms with van der Waals surface area (Å²) in [4.78, 5) is 20.4. The highest BCUT2D eigenvalue weighted by Gasteiger charge is 2.40. The maximum atomic E-state index is 12.6. The van der Waals surface area contributed by atoms with E-state index in [0.717, 1.165) is 23.5 Å². The van der Waals surface area contributed by atoms with Crippen LogP contribution in [0.15, 0.2) is 30.5 Å². The number of carbonyl (C=O) groups excluding carboxylic acids is 1. The van der Waals surface area contributed by atoms with Gasteiger partial charge in [-0.2, -0.15) is 0 Å². The van der Waals surface area contributed by atoms with E-state index >= 15 is 0 Å². The van der Waals surface area contributed by atoms with Crippen molar-refractivity contribution in [3.8, 4) is 10.4 Å². The van der Waals surface area contributed by atoms with Crippen LogP contribution in [0.2, 0.25) is 0 Å². The Morgan fingerprint density at radius 2 is 2.17 bits per heavy atom. The number of carbonyl (C=O) groups is 1. The number of nitrogens with one attached hydrogen (secondary N) is 1. The average Bonchev–Trinajstić information content (AvgIpc) is 3.09. The Morgan fingerprint density at radius 3 is 2.88 bits per heavy atom. The second-order valence-corrected chi connectivity index (χ2v) is 7.80. The number of benzene rings is 1. The lowest BCUT2D eigenvalue weighted by Gasteiger charge is -2.49. The van der Waals surface area contributed by atoms with Crippen molar-refractivity contribution < 1.29 is 4.79 Å². The molecule has 2 atom stereocenters. The van der Waals surface area contributed by atoms with Crippen molar-refractivity contribution in [3.63, 3.8) is 0 Å². The zero-order valence-corrected chi connectivity index (χ0v) is 14.6. The quantitative estimate of drug-likeness (QED) is 0.841. The molecule has 3 fully saturated rings. The summed E-state index contributed by atoms with van der Waals surface area (Å²) in [6, 6.07) is 8.31. The molecule has 0 unspecified atom stereocenters. The van der Waals surface area contributed by atoms with Crippen LogP contribution in [0.3, 0.4) is 0 Å². The zero-order valence-electron chi connectivity index (χ0n) is 13.7. The molecule has 0 spiro atoms. The summed E-state index contributed by atoms with van der Waals surface area (Å²) < 4.78 is 0. The van der Waals surface area contributed by atoms with Crippen molar-refractivity contribution in [2.24, 2.45) is 5.92 Å². The minimum Gasteiger partial charge on any atom is -0.399 e. The monoisotopic (exact) mass is 342 g/mol. The third-order valence-electron chi connectivity index (χ3n) is 5.35. The van der Waals surface area contributed by atoms with Crippen molar-refractivity contribution >= 4 is 22.9 Å². The Morgan fingerprint density at radius 1 is 1.38 bits per heavy atom. The van der Waals surface area contributed by atoms with E-state index in [2.05, 4.69) is 22.1 Å². The number of hydrogen-bond acceptors (Lipinski definition) is 5. The van der Waals surface area contributed by atoms with Crippen LogP contribution in [0.25, 0.3) is 10.4 Å². The molecule has 2 bridgehead atoms. The molecular weight excluding hydrogens is 320 g/mol. The number of fused-ring (bicyclic) bond motifs is 3. The molecule has 3 aliphatic rings. The van der Waals surface area contributed by atoms with Gasteiger partial charge in [-0.05, 0) is 56.5 Å². The lowest BCUT2D eigenvalue weighted by molar-refractivity contribution is 0.0217. The van der Waals surface area contributed by atoms with Gasteiger partial charge in [0, 0.05) is 24.0 Å². The number of hydrogen-bond donors (Lipinski definition) is 2. The molecular formula is C18H22N4OS. The molecule has 1 amide bonds. The Kier molecular flexibility index (Phi) is 4.02. The number of anilines is 1. The van der Waals surface area contributed by atoms with Crippen LogP contribution < -0.4 is 11.1 Å². The predicted octanol–water partition coefficient (Wildman–Crippen LogP) is 2.60. The predicted molar refractivity (Wildman–Crippen MR) is 97.0 cm³/mol. The summed E-state index contributed by atoms with van der Waals surface area (Å²) in [7, 11) is 0. The first-order valence-electron chi connectivity index (χ1n) is 8.48. The molecule has 24 heavy (non-hydrogen) atoms. The highest BCUT2D eigenvalue weighted by Crippen LogP contribution is 2.33. The van der Waals surface area contributed by atoms with Gasteiger partial charge in [-0.15, -0.1) is 11.3 Å². The first-order chi connectivity index (χ1) is 11.6. The fourth-order valence-electron chi connectivity index (χ4n) is 3.96. The number of rotatable bonds is 3. The van der Waals surface area contributed by atoms with Gasteiger partial charge in [-0.3, -0.25) is 9.69 Å². The van der Waals surface area contributed by atoms with Crippen molar-refractivity contribution in [2.45, 2.75) is 31.8 Å². The van der Waals surface area contributed by atoms with Crippen LogP contribution in [0.1, 0.15) is 29.6 Å². The number of nitrogens with two attached hydrogens (primary N) is 1. The number of amides is 1. The van der Waals surface area contributed by atoms with Crippen LogP contribution in [0, 0.1) is 5.92 Å². The van der Waals surface area contributed by atoms with Crippen molar-refractivity contribution in [2.75, 3.05) is 18.8 Å². The van der Waals surface area contributed by atoms with Gasteiger partial charge in [-0.1, -0.05) is 12.1 Å². The maximum Gasteiger partial charge on any atom is 0.280 e. The van der Waals surface area contributed by atoms with Crippen molar-refractivity contribution in [3.05, 3.63) is 35.5 Å². The van der Waals surface area contributed by atoms with E-state index in [1.807, 2.05) is 24.3 Å². The fourth-order valence-corrected chi connectivity index (χ4v) is 4.78. The van der Waals surface area contributed by atoms with Gasteiger partial charge in [0.05, 0.1) is 4.88 Å². The lowest BCUT2D eigenvalue weighted by atomic mass is 9.79. The normalized spacial score (nSPS) is 28.7. The van der Waals surface area contributed by atoms with Gasteiger partial charge < -0.3 is 11.1 Å². The van der Waals surface area contributed by atoms with Gasteiger partial charge in [-0.25, -0.2) is 4.98 Å². The van der Waals surface area contributed by atoms with Crippen LogP contribution in [0.4, 0.5) is 5.69 Å². The van der Waals surface area contributed by atoms with E-state index in [-0.39, 0.29) is 11.9 Å². The maximum absolute atomic E-state index is 12.6. The summed E-state index contributed by atoms with van der Waals surface area (Å²) in [6.45, 7) is 4.54. The Hall–Kier alpha value is -1.92. The number of piperidine rings is 3. The first-order valence-corrected chi connectivity index (χ1v) is 9.30. The average molecular weight is 342 g/mol. The molecule has 5 nitrogen and oxygen atoms in total. The Bertz CT molecular complexity index is 749. The Balaban J connectivity index is 1.49. The SMILES string of the molecule is C[C@H]1[C@H](NC(=O)c2ncc(-c3cccc(N)c3)s2)C2CCN1CC2. The van der Waals surface area contributed by atoms with Crippen molar-refractivity contribution in [1.29, 1.82) is 0 Å². The highest BCUT2D eigenvalue weighted by molar-refractivity contribution is 7.17. The molecule has 3 N–H and O–H groups in total. The van der Waals surface area contributed by atoms with Crippen LogP contribution in [-0.2, 0) is 0 Å². The molecule has 6 heteroatoms. The zero-order chi connectivity index (χ0) is 16.7. The molecule has 126 valence electrons. The van der Waals surface area contributed by atoms with E-state index in [9.17, 15) is 4.79 Å². The minimum atomic E-state index is -0.0549. The summed E-state index contributed by atoms with van der Waals surface area (Å²) in [5, 5.41) is 3.76. The molecule has 4 heterocycles. The van der Waals surface area contributed by atoms with Crippen LogP contribution >= 0.6 is 11.3 Å². The summed E-state index contributed by atoms with van der Waals surface area (Å²) >= 11 is 1.42. The summed E-state index contributed by atoms with van der Waals surface area (Å²) in [5.41, 5.74) is 7.55. The largest absolute Gasteiger partial charge is 0.399 e. The van der Waals surface area contributed by atoms with Gasteiger partial charge in [0.25, 0.3) is 5.91 Å². The molecule has 5 rings (SSSR count). The van der Waals surface area contributed by atoms with E-state index in [0.29, 0.717) is 22.7 Å².